The second kappa shape index (κ2) is 4.81. The predicted octanol–water partition coefficient (Wildman–Crippen LogP) is 1.52. The predicted molar refractivity (Wildman–Crippen MR) is 67.0 cm³/mol. The van der Waals surface area contributed by atoms with Crippen LogP contribution in [0.3, 0.4) is 0 Å². The van der Waals surface area contributed by atoms with Gasteiger partial charge in [-0.15, -0.1) is 0 Å². The Balaban J connectivity index is 2.20. The van der Waals surface area contributed by atoms with Crippen molar-refractivity contribution in [3.63, 3.8) is 0 Å². The molecule has 1 aromatic carbocycles. The molecule has 0 aliphatic rings. The lowest BCUT2D eigenvalue weighted by Crippen LogP contribution is -2.14. The quantitative estimate of drug-likeness (QED) is 0.721. The van der Waals surface area contributed by atoms with Gasteiger partial charge in [0.05, 0.1) is 16.9 Å². The number of carbonyl (C=O) groups excluding carboxylic acids is 1. The zero-order chi connectivity index (χ0) is 14.0. The van der Waals surface area contributed by atoms with Crippen molar-refractivity contribution in [1.29, 1.82) is 0 Å². The average molecular weight is 261 g/mol. The molecule has 0 spiro atoms. The van der Waals surface area contributed by atoms with E-state index in [1.54, 1.807) is 6.92 Å². The third kappa shape index (κ3) is 2.71. The maximum absolute atomic E-state index is 11.8. The van der Waals surface area contributed by atoms with Crippen LogP contribution in [-0.2, 0) is 0 Å². The molecule has 4 N–H and O–H groups in total. The summed E-state index contributed by atoms with van der Waals surface area (Å²) in [5.74, 6) is -1.05. The molecule has 2 aromatic rings. The van der Waals surface area contributed by atoms with Gasteiger partial charge in [0.15, 0.2) is 5.69 Å². The molecule has 2 rings (SSSR count). The van der Waals surface area contributed by atoms with Gasteiger partial charge in [-0.25, -0.2) is 4.79 Å². The second-order valence-electron chi connectivity index (χ2n) is 3.88. The van der Waals surface area contributed by atoms with E-state index in [-0.39, 0.29) is 16.9 Å². The Morgan fingerprint density at radius 2 is 2.11 bits per heavy atom. The van der Waals surface area contributed by atoms with Crippen molar-refractivity contribution in [3.8, 4) is 0 Å². The number of carboxylic acids is 1. The fourth-order valence-corrected chi connectivity index (χ4v) is 1.47. The maximum Gasteiger partial charge on any atom is 0.335 e. The van der Waals surface area contributed by atoms with E-state index in [2.05, 4.69) is 10.5 Å². The molecule has 0 aliphatic carbocycles. The Bertz CT molecular complexity index is 648. The lowest BCUT2D eigenvalue weighted by Gasteiger charge is -2.07. The van der Waals surface area contributed by atoms with Crippen molar-refractivity contribution >= 4 is 23.3 Å². The number of anilines is 2. The SMILES string of the molecule is Cc1cc(C(=O)Nc2ccc(C(=O)O)cc2N)no1. The Morgan fingerprint density at radius 3 is 2.63 bits per heavy atom. The number of aromatic nitrogens is 1. The first-order chi connectivity index (χ1) is 8.97. The summed E-state index contributed by atoms with van der Waals surface area (Å²) >= 11 is 0. The Kier molecular flexibility index (Phi) is 3.19. The second-order valence-corrected chi connectivity index (χ2v) is 3.88. The van der Waals surface area contributed by atoms with Crippen LogP contribution in [0, 0.1) is 6.92 Å². The molecule has 7 nitrogen and oxygen atoms in total. The van der Waals surface area contributed by atoms with E-state index in [9.17, 15) is 9.59 Å². The number of rotatable bonds is 3. The molecule has 1 amide bonds. The molecular formula is C12H11N3O4. The van der Waals surface area contributed by atoms with Crippen molar-refractivity contribution in [2.24, 2.45) is 0 Å². The van der Waals surface area contributed by atoms with Crippen LogP contribution in [-0.4, -0.2) is 22.1 Å². The summed E-state index contributed by atoms with van der Waals surface area (Å²) in [6.07, 6.45) is 0. The number of nitrogens with zero attached hydrogens (tertiary/aromatic N) is 1. The summed E-state index contributed by atoms with van der Waals surface area (Å²) in [5, 5.41) is 14.9. The number of aryl methyl sites for hydroxylation is 1. The normalized spacial score (nSPS) is 10.2. The van der Waals surface area contributed by atoms with Crippen molar-refractivity contribution in [3.05, 3.63) is 41.3 Å². The molecular weight excluding hydrogens is 250 g/mol. The molecule has 0 fully saturated rings. The van der Waals surface area contributed by atoms with Gasteiger partial charge in [-0.3, -0.25) is 4.79 Å². The van der Waals surface area contributed by atoms with Crippen molar-refractivity contribution in [2.45, 2.75) is 6.92 Å². The van der Waals surface area contributed by atoms with Gasteiger partial charge in [0.25, 0.3) is 5.91 Å². The average Bonchev–Trinajstić information content (AvgIpc) is 2.78. The fraction of sp³-hybridized carbons (Fsp3) is 0.0833. The molecule has 0 atom stereocenters. The number of nitrogen functional groups attached to an aromatic ring is 1. The van der Waals surface area contributed by atoms with Crippen LogP contribution in [0.2, 0.25) is 0 Å². The van der Waals surface area contributed by atoms with Gasteiger partial charge in [-0.05, 0) is 25.1 Å². The van der Waals surface area contributed by atoms with Crippen LogP contribution in [0.1, 0.15) is 26.6 Å². The van der Waals surface area contributed by atoms with Gasteiger partial charge in [0.2, 0.25) is 0 Å². The number of aromatic carboxylic acids is 1. The highest BCUT2D eigenvalue weighted by atomic mass is 16.5. The lowest BCUT2D eigenvalue weighted by molar-refractivity contribution is 0.0697. The first-order valence-electron chi connectivity index (χ1n) is 5.35. The van der Waals surface area contributed by atoms with E-state index in [4.69, 9.17) is 15.4 Å². The van der Waals surface area contributed by atoms with E-state index in [0.717, 1.165) is 0 Å². The smallest absolute Gasteiger partial charge is 0.335 e. The summed E-state index contributed by atoms with van der Waals surface area (Å²) in [5.41, 5.74) is 6.32. The largest absolute Gasteiger partial charge is 0.478 e. The number of amides is 1. The Labute approximate surface area is 108 Å². The summed E-state index contributed by atoms with van der Waals surface area (Å²) in [6.45, 7) is 1.67. The zero-order valence-electron chi connectivity index (χ0n) is 10.0. The highest BCUT2D eigenvalue weighted by Crippen LogP contribution is 2.20. The van der Waals surface area contributed by atoms with Gasteiger partial charge >= 0.3 is 5.97 Å². The standard InChI is InChI=1S/C12H11N3O4/c1-6-4-10(15-19-6)11(16)14-9-3-2-7(12(17)18)5-8(9)13/h2-5H,13H2,1H3,(H,14,16)(H,17,18). The van der Waals surface area contributed by atoms with Gasteiger partial charge < -0.3 is 20.7 Å². The number of hydrogen-bond donors (Lipinski definition) is 3. The molecule has 7 heteroatoms. The molecule has 19 heavy (non-hydrogen) atoms. The number of carboxylic acid groups (broad SMARTS) is 1. The van der Waals surface area contributed by atoms with E-state index < -0.39 is 11.9 Å². The zero-order valence-corrected chi connectivity index (χ0v) is 10.0. The molecule has 1 aromatic heterocycles. The Morgan fingerprint density at radius 1 is 1.37 bits per heavy atom. The minimum absolute atomic E-state index is 0.0489. The van der Waals surface area contributed by atoms with Crippen LogP contribution < -0.4 is 11.1 Å². The van der Waals surface area contributed by atoms with Crippen LogP contribution in [0.15, 0.2) is 28.8 Å². The number of nitrogens with two attached hydrogens (primary N) is 1. The van der Waals surface area contributed by atoms with Crippen LogP contribution in [0.4, 0.5) is 11.4 Å². The molecule has 98 valence electrons. The van der Waals surface area contributed by atoms with Gasteiger partial charge in [0, 0.05) is 6.07 Å². The highest BCUT2D eigenvalue weighted by molar-refractivity contribution is 6.05. The highest BCUT2D eigenvalue weighted by Gasteiger charge is 2.13. The van der Waals surface area contributed by atoms with Crippen LogP contribution in [0.5, 0.6) is 0 Å². The van der Waals surface area contributed by atoms with Crippen molar-refractivity contribution in [1.82, 2.24) is 5.16 Å². The third-order valence-corrected chi connectivity index (χ3v) is 2.41. The first kappa shape index (κ1) is 12.6. The molecule has 0 saturated heterocycles. The monoisotopic (exact) mass is 261 g/mol. The number of carbonyl (C=O) groups is 2. The minimum atomic E-state index is -1.09. The van der Waals surface area contributed by atoms with E-state index >= 15 is 0 Å². The first-order valence-corrected chi connectivity index (χ1v) is 5.35. The molecule has 0 saturated carbocycles. The lowest BCUT2D eigenvalue weighted by atomic mass is 10.1. The summed E-state index contributed by atoms with van der Waals surface area (Å²) in [7, 11) is 0. The fourth-order valence-electron chi connectivity index (χ4n) is 1.47. The molecule has 1 heterocycles. The number of nitrogens with one attached hydrogen (secondary N) is 1. The minimum Gasteiger partial charge on any atom is -0.478 e. The van der Waals surface area contributed by atoms with Gasteiger partial charge in [-0.1, -0.05) is 5.16 Å². The van der Waals surface area contributed by atoms with E-state index in [0.29, 0.717) is 11.4 Å². The summed E-state index contributed by atoms with van der Waals surface area (Å²) < 4.78 is 4.78. The third-order valence-electron chi connectivity index (χ3n) is 2.41. The topological polar surface area (TPSA) is 118 Å². The summed E-state index contributed by atoms with van der Waals surface area (Å²) in [4.78, 5) is 22.5. The van der Waals surface area contributed by atoms with Gasteiger partial charge in [0.1, 0.15) is 5.76 Å². The van der Waals surface area contributed by atoms with E-state index in [1.165, 1.54) is 24.3 Å². The Hall–Kier alpha value is -2.83. The van der Waals surface area contributed by atoms with Crippen molar-refractivity contribution in [2.75, 3.05) is 11.1 Å². The van der Waals surface area contributed by atoms with E-state index in [1.807, 2.05) is 0 Å². The van der Waals surface area contributed by atoms with Crippen molar-refractivity contribution < 1.29 is 19.2 Å². The summed E-state index contributed by atoms with van der Waals surface area (Å²) in [6, 6.07) is 5.52. The molecule has 0 bridgehead atoms. The molecule has 0 radical (unpaired) electrons. The molecule has 0 unspecified atom stereocenters. The molecule has 0 aliphatic heterocycles. The van der Waals surface area contributed by atoms with Gasteiger partial charge in [-0.2, -0.15) is 0 Å². The van der Waals surface area contributed by atoms with Crippen LogP contribution in [0.25, 0.3) is 0 Å². The number of hydrogen-bond acceptors (Lipinski definition) is 5. The number of benzene rings is 1. The maximum atomic E-state index is 11.8. The van der Waals surface area contributed by atoms with Crippen LogP contribution >= 0.6 is 0 Å².